The fourth-order valence-corrected chi connectivity index (χ4v) is 0. The second-order valence-corrected chi connectivity index (χ2v) is 0. The van der Waals surface area contributed by atoms with Crippen LogP contribution in [0.3, 0.4) is 0 Å². The van der Waals surface area contributed by atoms with Gasteiger partial charge in [-0.2, -0.15) is 0 Å². The third-order valence-corrected chi connectivity index (χ3v) is 0. The minimum Gasteiger partial charge on any atom is -1.00 e. The minimum atomic E-state index is 0. The second-order valence-electron chi connectivity index (χ2n) is 0. The van der Waals surface area contributed by atoms with E-state index in [0.29, 0.717) is 0 Å². The molecular weight excluding hydrogens is 206 g/mol. The normalized spacial score (nSPS) is 0.571. The van der Waals surface area contributed by atoms with Gasteiger partial charge in [0.05, 0.1) is 0 Å². The predicted octanol–water partition coefficient (Wildman–Crippen LogP) is -2.70. The molecule has 0 amide bonds. The second kappa shape index (κ2) is 126. The molecule has 0 bridgehead atoms. The van der Waals surface area contributed by atoms with Gasteiger partial charge in [0, 0.05) is 17.1 Å². The van der Waals surface area contributed by atoms with Crippen LogP contribution in [0.5, 0.6) is 0 Å². The van der Waals surface area contributed by atoms with E-state index in [4.69, 9.17) is 23.7 Å². The summed E-state index contributed by atoms with van der Waals surface area (Å²) in [5.74, 6) is 0. The molecule has 0 N–H and O–H groups in total. The molecule has 0 radical (unpaired) electrons. The number of hydrogen-bond acceptors (Lipinski definition) is 2. The van der Waals surface area contributed by atoms with Gasteiger partial charge in [-0.25, -0.2) is 0 Å². The molecule has 0 rings (SSSR count). The molecule has 0 spiro atoms. The maximum atomic E-state index is 6.25. The van der Waals surface area contributed by atoms with Gasteiger partial charge in [-0.3, -0.25) is 0 Å². The number of hydrogen-bond donors (Lipinski definition) is 0. The zero-order valence-electron chi connectivity index (χ0n) is 4.56. The van der Waals surface area contributed by atoms with Gasteiger partial charge in [0.2, 0.25) is 0 Å². The molecule has 0 heterocycles. The van der Waals surface area contributed by atoms with Crippen LogP contribution in [-0.4, -0.2) is 0 Å². The van der Waals surface area contributed by atoms with Crippen molar-refractivity contribution in [1.29, 1.82) is 10.5 Å². The zero-order chi connectivity index (χ0) is 4.00. The Bertz CT molecular complexity index is 35.5. The van der Waals surface area contributed by atoms with Crippen LogP contribution in [-0.2, 0) is 33.6 Å². The summed E-state index contributed by atoms with van der Waals surface area (Å²) in [6.45, 7) is 9.50. The van der Waals surface area contributed by atoms with Gasteiger partial charge < -0.3 is 25.1 Å². The van der Waals surface area contributed by atoms with Crippen molar-refractivity contribution in [2.45, 2.75) is 0 Å². The van der Waals surface area contributed by atoms with Crippen molar-refractivity contribution in [2.24, 2.45) is 0 Å². The molecule has 0 atom stereocenters. The van der Waals surface area contributed by atoms with Crippen molar-refractivity contribution in [1.82, 2.24) is 0 Å². The Morgan fingerprint density at radius 2 is 1.00 bits per heavy atom. The summed E-state index contributed by atoms with van der Waals surface area (Å²) in [6, 6.07) is 0. The molecular formula is C2HFeKN2Ni. The Morgan fingerprint density at radius 3 is 1.00 bits per heavy atom. The molecule has 0 unspecified atom stereocenters. The molecule has 2 nitrogen and oxygen atoms in total. The van der Waals surface area contributed by atoms with Crippen LogP contribution in [0, 0.1) is 23.7 Å². The monoisotopic (exact) mass is 206 g/mol. The average molecular weight is 207 g/mol. The van der Waals surface area contributed by atoms with Crippen molar-refractivity contribution in [3.8, 4) is 0 Å². The standard InChI is InChI=1S/2CN.Fe.K.Ni.H/c2*1-2;;;;/q2*-1;;+1;+2;-1. The topological polar surface area (TPSA) is 47.6 Å². The van der Waals surface area contributed by atoms with Crippen molar-refractivity contribution in [3.05, 3.63) is 13.1 Å². The molecule has 0 aliphatic rings. The number of rotatable bonds is 0. The van der Waals surface area contributed by atoms with E-state index < -0.39 is 0 Å². The molecule has 38 valence electrons. The largest absolute Gasteiger partial charge is 2.00 e. The van der Waals surface area contributed by atoms with Crippen LogP contribution >= 0.6 is 0 Å². The Labute approximate surface area is 108 Å². The molecule has 7 heavy (non-hydrogen) atoms. The summed E-state index contributed by atoms with van der Waals surface area (Å²) < 4.78 is 0. The fraction of sp³-hybridized carbons (Fsp3) is 0. The van der Waals surface area contributed by atoms with Crippen LogP contribution in [0.4, 0.5) is 0 Å². The van der Waals surface area contributed by atoms with Gasteiger partial charge in [-0.05, 0) is 0 Å². The summed E-state index contributed by atoms with van der Waals surface area (Å²) in [5, 5.41) is 12.5. The number of nitrogens with zero attached hydrogens (tertiary/aromatic N) is 2. The smallest absolute Gasteiger partial charge is 1.00 e. The molecule has 0 aromatic carbocycles. The van der Waals surface area contributed by atoms with Crippen molar-refractivity contribution >= 4 is 0 Å². The van der Waals surface area contributed by atoms with Crippen LogP contribution < -0.4 is 51.4 Å². The molecule has 0 saturated heterocycles. The van der Waals surface area contributed by atoms with Crippen LogP contribution in [0.1, 0.15) is 1.43 Å². The third-order valence-electron chi connectivity index (χ3n) is 0. The minimum absolute atomic E-state index is 0. The molecule has 0 aromatic heterocycles. The average Bonchev–Trinajstić information content (AvgIpc) is 1.50. The summed E-state index contributed by atoms with van der Waals surface area (Å²) in [6.07, 6.45) is 0. The van der Waals surface area contributed by atoms with Crippen LogP contribution in [0.25, 0.3) is 0 Å². The third kappa shape index (κ3) is 91.1. The summed E-state index contributed by atoms with van der Waals surface area (Å²) in [4.78, 5) is 0. The quantitative estimate of drug-likeness (QED) is 0.320. The Balaban J connectivity index is -0.00000000167. The first-order valence-corrected chi connectivity index (χ1v) is 0.447. The van der Waals surface area contributed by atoms with E-state index in [1.807, 2.05) is 0 Å². The van der Waals surface area contributed by atoms with Crippen molar-refractivity contribution < 1.29 is 86.4 Å². The van der Waals surface area contributed by atoms with Crippen molar-refractivity contribution in [2.75, 3.05) is 0 Å². The predicted molar refractivity (Wildman–Crippen MR) is 11.0 cm³/mol. The maximum absolute atomic E-state index is 6.25. The maximum Gasteiger partial charge on any atom is 2.00 e. The van der Waals surface area contributed by atoms with Crippen LogP contribution in [0.15, 0.2) is 0 Å². The molecule has 0 aliphatic carbocycles. The molecule has 0 fully saturated rings. The Kier molecular flexibility index (Phi) is 688. The van der Waals surface area contributed by atoms with Gasteiger partial charge in [-0.1, -0.05) is 0 Å². The van der Waals surface area contributed by atoms with Gasteiger partial charge in [0.15, 0.2) is 0 Å². The summed E-state index contributed by atoms with van der Waals surface area (Å²) >= 11 is 0. The van der Waals surface area contributed by atoms with Gasteiger partial charge in [0.25, 0.3) is 0 Å². The molecule has 0 aromatic rings. The fourth-order valence-electron chi connectivity index (χ4n) is 0. The van der Waals surface area contributed by atoms with Gasteiger partial charge in [-0.15, -0.1) is 0 Å². The van der Waals surface area contributed by atoms with Gasteiger partial charge >= 0.3 is 67.9 Å². The van der Waals surface area contributed by atoms with Gasteiger partial charge in [0.1, 0.15) is 0 Å². The molecule has 0 aliphatic heterocycles. The van der Waals surface area contributed by atoms with E-state index in [1.165, 1.54) is 0 Å². The first kappa shape index (κ1) is 38.1. The van der Waals surface area contributed by atoms with E-state index >= 15 is 0 Å². The van der Waals surface area contributed by atoms with E-state index in [2.05, 4.69) is 0 Å². The first-order valence-electron chi connectivity index (χ1n) is 0.447. The first-order chi connectivity index (χ1) is 2.00. The Hall–Kier alpha value is 1.63. The van der Waals surface area contributed by atoms with E-state index in [9.17, 15) is 0 Å². The van der Waals surface area contributed by atoms with Crippen molar-refractivity contribution in [3.63, 3.8) is 0 Å². The molecule has 5 heteroatoms. The SMILES string of the molecule is [C-]#N.[C-]#N.[Fe].[H-].[K+].[Ni+2]. The summed E-state index contributed by atoms with van der Waals surface area (Å²) in [5.41, 5.74) is 0. The Morgan fingerprint density at radius 1 is 1.00 bits per heavy atom. The van der Waals surface area contributed by atoms with E-state index in [1.54, 1.807) is 0 Å². The molecule has 0 saturated carbocycles. The summed E-state index contributed by atoms with van der Waals surface area (Å²) in [7, 11) is 0. The zero-order valence-corrected chi connectivity index (χ0v) is 8.78. The van der Waals surface area contributed by atoms with E-state index in [0.717, 1.165) is 0 Å². The van der Waals surface area contributed by atoms with Crippen LogP contribution in [0.2, 0.25) is 0 Å². The van der Waals surface area contributed by atoms with E-state index in [-0.39, 0.29) is 86.4 Å².